The van der Waals surface area contributed by atoms with E-state index in [1.165, 1.54) is 0 Å². The molecule has 0 spiro atoms. The maximum atomic E-state index is 12.2. The molecule has 0 unspecified atom stereocenters. The number of thiophene rings is 1. The SMILES string of the molecule is Cn1c(C(=O)NC[C@H](O)c2ccccc2)cc2sccc21. The summed E-state index contributed by atoms with van der Waals surface area (Å²) in [5.41, 5.74) is 2.46. The van der Waals surface area contributed by atoms with Crippen LogP contribution in [0.3, 0.4) is 0 Å². The molecule has 0 bridgehead atoms. The molecule has 0 aliphatic carbocycles. The van der Waals surface area contributed by atoms with Gasteiger partial charge in [0.05, 0.1) is 16.3 Å². The van der Waals surface area contributed by atoms with E-state index in [9.17, 15) is 9.90 Å². The molecule has 2 N–H and O–H groups in total. The van der Waals surface area contributed by atoms with E-state index < -0.39 is 6.10 Å². The number of rotatable bonds is 4. The topological polar surface area (TPSA) is 54.3 Å². The number of benzene rings is 1. The van der Waals surface area contributed by atoms with E-state index in [0.29, 0.717) is 5.69 Å². The maximum absolute atomic E-state index is 12.2. The predicted molar refractivity (Wildman–Crippen MR) is 84.5 cm³/mol. The first-order valence-electron chi connectivity index (χ1n) is 6.71. The Balaban J connectivity index is 1.69. The van der Waals surface area contributed by atoms with Gasteiger partial charge in [-0.1, -0.05) is 30.3 Å². The number of amides is 1. The first kappa shape index (κ1) is 13.9. The molecule has 3 aromatic rings. The Morgan fingerprint density at radius 2 is 2.10 bits per heavy atom. The third kappa shape index (κ3) is 2.70. The maximum Gasteiger partial charge on any atom is 0.268 e. The molecule has 3 rings (SSSR count). The van der Waals surface area contributed by atoms with Crippen molar-refractivity contribution in [3.05, 3.63) is 59.1 Å². The molecule has 0 aliphatic heterocycles. The van der Waals surface area contributed by atoms with E-state index >= 15 is 0 Å². The van der Waals surface area contributed by atoms with Gasteiger partial charge in [0.25, 0.3) is 5.91 Å². The first-order chi connectivity index (χ1) is 10.2. The molecule has 1 amide bonds. The number of fused-ring (bicyclic) bond motifs is 1. The standard InChI is InChI=1S/C16H16N2O2S/c1-18-12-7-8-21-15(12)9-13(18)16(20)17-10-14(19)11-5-3-2-4-6-11/h2-9,14,19H,10H2,1H3,(H,17,20)/t14-/m0/s1. The minimum Gasteiger partial charge on any atom is -0.387 e. The van der Waals surface area contributed by atoms with Crippen LogP contribution in [0.5, 0.6) is 0 Å². The molecule has 0 radical (unpaired) electrons. The Hall–Kier alpha value is -2.11. The monoisotopic (exact) mass is 300 g/mol. The molecule has 5 heteroatoms. The Labute approximate surface area is 126 Å². The normalized spacial score (nSPS) is 12.5. The molecule has 2 aromatic heterocycles. The molecule has 1 atom stereocenters. The van der Waals surface area contributed by atoms with Crippen molar-refractivity contribution < 1.29 is 9.90 Å². The lowest BCUT2D eigenvalue weighted by atomic mass is 10.1. The Morgan fingerprint density at radius 3 is 2.81 bits per heavy atom. The van der Waals surface area contributed by atoms with Crippen molar-refractivity contribution in [1.82, 2.24) is 9.88 Å². The number of hydrogen-bond donors (Lipinski definition) is 2. The van der Waals surface area contributed by atoms with Crippen LogP contribution in [0, 0.1) is 0 Å². The average Bonchev–Trinajstić information content (AvgIpc) is 3.09. The highest BCUT2D eigenvalue weighted by Gasteiger charge is 2.15. The molecular weight excluding hydrogens is 284 g/mol. The van der Waals surface area contributed by atoms with Crippen molar-refractivity contribution in [3.8, 4) is 0 Å². The summed E-state index contributed by atoms with van der Waals surface area (Å²) in [6, 6.07) is 13.2. The van der Waals surface area contributed by atoms with Crippen LogP contribution in [0.4, 0.5) is 0 Å². The van der Waals surface area contributed by atoms with Crippen LogP contribution >= 0.6 is 11.3 Å². The lowest BCUT2D eigenvalue weighted by molar-refractivity contribution is 0.0908. The van der Waals surface area contributed by atoms with Gasteiger partial charge in [-0.05, 0) is 23.1 Å². The smallest absolute Gasteiger partial charge is 0.268 e. The van der Waals surface area contributed by atoms with Crippen LogP contribution in [0.2, 0.25) is 0 Å². The molecule has 0 aliphatic rings. The van der Waals surface area contributed by atoms with Gasteiger partial charge in [0, 0.05) is 13.6 Å². The Morgan fingerprint density at radius 1 is 1.33 bits per heavy atom. The van der Waals surface area contributed by atoms with Gasteiger partial charge >= 0.3 is 0 Å². The number of nitrogens with one attached hydrogen (secondary N) is 1. The number of carbonyl (C=O) groups excluding carboxylic acids is 1. The fourth-order valence-corrected chi connectivity index (χ4v) is 3.19. The van der Waals surface area contributed by atoms with Crippen molar-refractivity contribution in [3.63, 3.8) is 0 Å². The molecule has 21 heavy (non-hydrogen) atoms. The summed E-state index contributed by atoms with van der Waals surface area (Å²) in [7, 11) is 1.87. The summed E-state index contributed by atoms with van der Waals surface area (Å²) < 4.78 is 2.96. The Bertz CT molecular complexity index is 761. The number of nitrogens with zero attached hydrogens (tertiary/aromatic N) is 1. The van der Waals surface area contributed by atoms with Crippen molar-refractivity contribution in [2.24, 2.45) is 7.05 Å². The van der Waals surface area contributed by atoms with E-state index in [1.807, 2.05) is 59.5 Å². The van der Waals surface area contributed by atoms with Crippen molar-refractivity contribution in [1.29, 1.82) is 0 Å². The van der Waals surface area contributed by atoms with E-state index in [2.05, 4.69) is 5.32 Å². The van der Waals surface area contributed by atoms with Gasteiger partial charge in [-0.25, -0.2) is 0 Å². The lowest BCUT2D eigenvalue weighted by Gasteiger charge is -2.12. The van der Waals surface area contributed by atoms with Crippen LogP contribution in [-0.4, -0.2) is 22.1 Å². The average molecular weight is 300 g/mol. The zero-order chi connectivity index (χ0) is 14.8. The molecule has 108 valence electrons. The molecule has 1 aromatic carbocycles. The highest BCUT2D eigenvalue weighted by Crippen LogP contribution is 2.24. The summed E-state index contributed by atoms with van der Waals surface area (Å²) in [4.78, 5) is 12.2. The van der Waals surface area contributed by atoms with Crippen LogP contribution in [0.25, 0.3) is 10.2 Å². The number of aromatic nitrogens is 1. The number of aliphatic hydroxyl groups is 1. The molecule has 2 heterocycles. The predicted octanol–water partition coefficient (Wildman–Crippen LogP) is 2.70. The molecular formula is C16H16N2O2S. The molecule has 0 saturated heterocycles. The summed E-state index contributed by atoms with van der Waals surface area (Å²) in [6.07, 6.45) is -0.698. The quantitative estimate of drug-likeness (QED) is 0.778. The number of carbonyl (C=O) groups is 1. The van der Waals surface area contributed by atoms with E-state index in [0.717, 1.165) is 15.8 Å². The van der Waals surface area contributed by atoms with Gasteiger partial charge in [0.15, 0.2) is 0 Å². The van der Waals surface area contributed by atoms with E-state index in [1.54, 1.807) is 11.3 Å². The third-order valence-electron chi connectivity index (χ3n) is 3.54. The van der Waals surface area contributed by atoms with Crippen molar-refractivity contribution in [2.75, 3.05) is 6.54 Å². The van der Waals surface area contributed by atoms with Crippen molar-refractivity contribution >= 4 is 27.5 Å². The van der Waals surface area contributed by atoms with Gasteiger partial charge in [0.1, 0.15) is 5.69 Å². The van der Waals surface area contributed by atoms with Gasteiger partial charge in [-0.3, -0.25) is 4.79 Å². The summed E-state index contributed by atoms with van der Waals surface area (Å²) in [5, 5.41) is 14.9. The fourth-order valence-electron chi connectivity index (χ4n) is 2.34. The second kappa shape index (κ2) is 5.71. The number of aliphatic hydroxyl groups excluding tert-OH is 1. The zero-order valence-corrected chi connectivity index (χ0v) is 12.4. The van der Waals surface area contributed by atoms with E-state index in [4.69, 9.17) is 0 Å². The molecule has 0 saturated carbocycles. The van der Waals surface area contributed by atoms with Crippen LogP contribution in [0.1, 0.15) is 22.2 Å². The van der Waals surface area contributed by atoms with Crippen LogP contribution in [0.15, 0.2) is 47.8 Å². The van der Waals surface area contributed by atoms with Gasteiger partial charge < -0.3 is 15.0 Å². The second-order valence-electron chi connectivity index (χ2n) is 4.90. The number of hydrogen-bond acceptors (Lipinski definition) is 3. The summed E-state index contributed by atoms with van der Waals surface area (Å²) in [5.74, 6) is -0.170. The number of aryl methyl sites for hydroxylation is 1. The molecule has 0 fully saturated rings. The largest absolute Gasteiger partial charge is 0.387 e. The minimum atomic E-state index is -0.698. The van der Waals surface area contributed by atoms with Crippen LogP contribution < -0.4 is 5.32 Å². The highest BCUT2D eigenvalue weighted by molar-refractivity contribution is 7.17. The lowest BCUT2D eigenvalue weighted by Crippen LogP contribution is -2.29. The van der Waals surface area contributed by atoms with E-state index in [-0.39, 0.29) is 12.5 Å². The highest BCUT2D eigenvalue weighted by atomic mass is 32.1. The van der Waals surface area contributed by atoms with Gasteiger partial charge in [-0.2, -0.15) is 0 Å². The van der Waals surface area contributed by atoms with Gasteiger partial charge in [-0.15, -0.1) is 11.3 Å². The van der Waals surface area contributed by atoms with Gasteiger partial charge in [0.2, 0.25) is 0 Å². The summed E-state index contributed by atoms with van der Waals surface area (Å²) in [6.45, 7) is 0.196. The first-order valence-corrected chi connectivity index (χ1v) is 7.59. The summed E-state index contributed by atoms with van der Waals surface area (Å²) >= 11 is 1.61. The minimum absolute atomic E-state index is 0.170. The van der Waals surface area contributed by atoms with Crippen LogP contribution in [-0.2, 0) is 7.05 Å². The van der Waals surface area contributed by atoms with Crippen molar-refractivity contribution in [2.45, 2.75) is 6.10 Å². The third-order valence-corrected chi connectivity index (χ3v) is 4.39. The zero-order valence-electron chi connectivity index (χ0n) is 11.6. The molecule has 4 nitrogen and oxygen atoms in total. The Kier molecular flexibility index (Phi) is 3.77. The second-order valence-corrected chi connectivity index (χ2v) is 5.84. The fraction of sp³-hybridized carbons (Fsp3) is 0.188.